The van der Waals surface area contributed by atoms with Crippen molar-refractivity contribution in [3.63, 3.8) is 0 Å². The molecule has 3 aromatic carbocycles. The van der Waals surface area contributed by atoms with Crippen LogP contribution in [0.2, 0.25) is 0 Å². The Hall–Kier alpha value is -4.18. The minimum absolute atomic E-state index is 0.0925. The highest BCUT2D eigenvalue weighted by molar-refractivity contribution is 7.92. The van der Waals surface area contributed by atoms with E-state index in [-0.39, 0.29) is 28.6 Å². The minimum Gasteiger partial charge on any atom is -0.494 e. The van der Waals surface area contributed by atoms with E-state index in [4.69, 9.17) is 18.9 Å². The molecule has 1 fully saturated rings. The summed E-state index contributed by atoms with van der Waals surface area (Å²) in [6.45, 7) is 2.45. The van der Waals surface area contributed by atoms with E-state index in [2.05, 4.69) is 5.32 Å². The predicted octanol–water partition coefficient (Wildman–Crippen LogP) is 2.49. The van der Waals surface area contributed by atoms with Crippen molar-refractivity contribution in [1.29, 1.82) is 0 Å². The van der Waals surface area contributed by atoms with Gasteiger partial charge in [-0.15, -0.1) is 0 Å². The van der Waals surface area contributed by atoms with E-state index in [1.165, 1.54) is 72.0 Å². The van der Waals surface area contributed by atoms with Crippen molar-refractivity contribution in [3.05, 3.63) is 72.8 Å². The molecule has 1 aliphatic heterocycles. The second-order valence-electron chi connectivity index (χ2n) is 9.41. The smallest absolute Gasteiger partial charge is 0.344 e. The summed E-state index contributed by atoms with van der Waals surface area (Å²) < 4.78 is 74.8. The molecule has 0 saturated carbocycles. The standard InChI is InChI=1S/C29H33N3O10S2/c1-3-40-24-10-14-26(15-11-24)43(35,36)31(2)23-6-8-25(9-7-23)41-21-29(34)42-20-28(33)30-22-4-12-27(13-5-22)44(37,38)32-16-18-39-19-17-32/h4-15H,3,16-21H2,1-2H3,(H,30,33). The van der Waals surface area contributed by atoms with Gasteiger partial charge < -0.3 is 24.3 Å². The third kappa shape index (κ3) is 8.25. The van der Waals surface area contributed by atoms with Crippen LogP contribution in [0.1, 0.15) is 6.92 Å². The highest BCUT2D eigenvalue weighted by Gasteiger charge is 2.26. The SMILES string of the molecule is CCOc1ccc(S(=O)(=O)N(C)c2ccc(OCC(=O)OCC(=O)Nc3ccc(S(=O)(=O)N4CCOCC4)cc3)cc2)cc1. The Morgan fingerprint density at radius 3 is 2.00 bits per heavy atom. The summed E-state index contributed by atoms with van der Waals surface area (Å²) in [5.74, 6) is -0.567. The summed E-state index contributed by atoms with van der Waals surface area (Å²) in [5, 5.41) is 2.53. The fourth-order valence-corrected chi connectivity index (χ4v) is 6.70. The summed E-state index contributed by atoms with van der Waals surface area (Å²) in [6, 6.07) is 17.8. The van der Waals surface area contributed by atoms with Crippen molar-refractivity contribution in [2.75, 3.05) is 62.8 Å². The molecule has 0 atom stereocenters. The van der Waals surface area contributed by atoms with Crippen molar-refractivity contribution in [2.45, 2.75) is 16.7 Å². The van der Waals surface area contributed by atoms with Gasteiger partial charge in [-0.1, -0.05) is 0 Å². The number of benzene rings is 3. The van der Waals surface area contributed by atoms with Crippen LogP contribution in [0.15, 0.2) is 82.6 Å². The summed E-state index contributed by atoms with van der Waals surface area (Å²) in [5.41, 5.74) is 0.704. The van der Waals surface area contributed by atoms with Crippen LogP contribution in [0.3, 0.4) is 0 Å². The molecule has 44 heavy (non-hydrogen) atoms. The molecule has 1 N–H and O–H groups in total. The normalized spacial score (nSPS) is 14.0. The number of carbonyl (C=O) groups excluding carboxylic acids is 2. The summed E-state index contributed by atoms with van der Waals surface area (Å²) in [6.07, 6.45) is 0. The van der Waals surface area contributed by atoms with Crippen LogP contribution in [0, 0.1) is 0 Å². The molecule has 0 bridgehead atoms. The lowest BCUT2D eigenvalue weighted by Crippen LogP contribution is -2.40. The molecule has 3 aromatic rings. The van der Waals surface area contributed by atoms with E-state index < -0.39 is 45.1 Å². The first kappa shape index (κ1) is 32.7. The minimum atomic E-state index is -3.82. The summed E-state index contributed by atoms with van der Waals surface area (Å²) in [7, 11) is -6.06. The van der Waals surface area contributed by atoms with Gasteiger partial charge >= 0.3 is 5.97 Å². The molecule has 0 aliphatic carbocycles. The van der Waals surface area contributed by atoms with E-state index in [0.29, 0.717) is 36.9 Å². The van der Waals surface area contributed by atoms with Crippen LogP contribution < -0.4 is 19.1 Å². The molecular weight excluding hydrogens is 614 g/mol. The van der Waals surface area contributed by atoms with E-state index >= 15 is 0 Å². The van der Waals surface area contributed by atoms with Crippen molar-refractivity contribution in [3.8, 4) is 11.5 Å². The van der Waals surface area contributed by atoms with Crippen LogP contribution >= 0.6 is 0 Å². The topological polar surface area (TPSA) is 158 Å². The summed E-state index contributed by atoms with van der Waals surface area (Å²) >= 11 is 0. The van der Waals surface area contributed by atoms with Gasteiger partial charge in [0.05, 0.1) is 35.3 Å². The molecule has 1 saturated heterocycles. The van der Waals surface area contributed by atoms with E-state index in [9.17, 15) is 26.4 Å². The number of hydrogen-bond donors (Lipinski definition) is 1. The Morgan fingerprint density at radius 1 is 0.818 bits per heavy atom. The fraction of sp³-hybridized carbons (Fsp3) is 0.310. The maximum Gasteiger partial charge on any atom is 0.344 e. The molecule has 0 spiro atoms. The lowest BCUT2D eigenvalue weighted by Gasteiger charge is -2.26. The van der Waals surface area contributed by atoms with Gasteiger partial charge in [0, 0.05) is 25.8 Å². The molecule has 13 nitrogen and oxygen atoms in total. The van der Waals surface area contributed by atoms with Crippen molar-refractivity contribution < 1.29 is 45.4 Å². The fourth-order valence-electron chi connectivity index (χ4n) is 4.10. The van der Waals surface area contributed by atoms with Crippen LogP contribution in [0.4, 0.5) is 11.4 Å². The Bertz CT molecular complexity index is 1640. The van der Waals surface area contributed by atoms with Crippen molar-refractivity contribution in [1.82, 2.24) is 4.31 Å². The molecule has 0 aromatic heterocycles. The van der Waals surface area contributed by atoms with Gasteiger partial charge in [0.1, 0.15) is 11.5 Å². The number of nitrogens with one attached hydrogen (secondary N) is 1. The first-order valence-corrected chi connectivity index (χ1v) is 16.5. The number of hydrogen-bond acceptors (Lipinski definition) is 10. The number of anilines is 2. The number of amides is 1. The molecule has 1 amide bonds. The predicted molar refractivity (Wildman–Crippen MR) is 161 cm³/mol. The number of morpholine rings is 1. The van der Waals surface area contributed by atoms with Gasteiger partial charge in [-0.3, -0.25) is 9.10 Å². The van der Waals surface area contributed by atoms with Gasteiger partial charge in [-0.25, -0.2) is 21.6 Å². The number of carbonyl (C=O) groups is 2. The lowest BCUT2D eigenvalue weighted by atomic mass is 10.3. The Balaban J connectivity index is 1.22. The van der Waals surface area contributed by atoms with Crippen LogP contribution in [-0.2, 0) is 39.1 Å². The van der Waals surface area contributed by atoms with Crippen LogP contribution in [0.5, 0.6) is 11.5 Å². The maximum absolute atomic E-state index is 13.0. The maximum atomic E-state index is 13.0. The second-order valence-corrected chi connectivity index (χ2v) is 13.3. The molecule has 15 heteroatoms. The van der Waals surface area contributed by atoms with Gasteiger partial charge in [-0.05, 0) is 79.7 Å². The first-order valence-electron chi connectivity index (χ1n) is 13.6. The summed E-state index contributed by atoms with van der Waals surface area (Å²) in [4.78, 5) is 24.5. The van der Waals surface area contributed by atoms with Crippen LogP contribution in [0.25, 0.3) is 0 Å². The number of sulfonamides is 2. The molecule has 1 aliphatic rings. The molecular formula is C29H33N3O10S2. The average Bonchev–Trinajstić information content (AvgIpc) is 3.04. The highest BCUT2D eigenvalue weighted by Crippen LogP contribution is 2.26. The number of esters is 1. The van der Waals surface area contributed by atoms with Gasteiger partial charge in [-0.2, -0.15) is 4.31 Å². The molecule has 1 heterocycles. The molecule has 236 valence electrons. The molecule has 0 unspecified atom stereocenters. The van der Waals surface area contributed by atoms with E-state index in [0.717, 1.165) is 4.31 Å². The second kappa shape index (κ2) is 14.5. The van der Waals surface area contributed by atoms with Gasteiger partial charge in [0.25, 0.3) is 15.9 Å². The Labute approximate surface area is 256 Å². The Morgan fingerprint density at radius 2 is 1.39 bits per heavy atom. The zero-order valence-electron chi connectivity index (χ0n) is 24.2. The number of nitrogens with zero attached hydrogens (tertiary/aromatic N) is 2. The first-order chi connectivity index (χ1) is 21.0. The third-order valence-corrected chi connectivity index (χ3v) is 10.2. The average molecular weight is 648 g/mol. The molecule has 0 radical (unpaired) electrons. The molecule has 4 rings (SSSR count). The van der Waals surface area contributed by atoms with E-state index in [1.807, 2.05) is 6.92 Å². The quantitative estimate of drug-likeness (QED) is 0.273. The number of rotatable bonds is 13. The van der Waals surface area contributed by atoms with Crippen molar-refractivity contribution in [2.24, 2.45) is 0 Å². The number of ether oxygens (including phenoxy) is 4. The largest absolute Gasteiger partial charge is 0.494 e. The van der Waals surface area contributed by atoms with E-state index in [1.54, 1.807) is 12.1 Å². The van der Waals surface area contributed by atoms with Crippen LogP contribution in [-0.4, -0.2) is 86.2 Å². The van der Waals surface area contributed by atoms with Gasteiger partial charge in [0.15, 0.2) is 13.2 Å². The monoisotopic (exact) mass is 647 g/mol. The van der Waals surface area contributed by atoms with Gasteiger partial charge in [0.2, 0.25) is 10.0 Å². The lowest BCUT2D eigenvalue weighted by molar-refractivity contribution is -0.149. The highest BCUT2D eigenvalue weighted by atomic mass is 32.2. The third-order valence-electron chi connectivity index (χ3n) is 6.46. The Kier molecular flexibility index (Phi) is 10.8. The zero-order valence-corrected chi connectivity index (χ0v) is 25.8. The zero-order chi connectivity index (χ0) is 31.7. The van der Waals surface area contributed by atoms with Crippen molar-refractivity contribution >= 4 is 43.3 Å².